The SMILES string of the molecule is CC(C)CCCC(C)CCc1[c]c(CCC(C)CCCC(C)C)c(CCC(C)CCCC(C)C)c(CCC(C)CCCC(C)C)c1CCC(C)CCCC(C)C. The Hall–Kier alpha value is -0.780. The lowest BCUT2D eigenvalue weighted by Crippen LogP contribution is -2.14. The van der Waals surface area contributed by atoms with Crippen LogP contribution in [0.5, 0.6) is 0 Å². The summed E-state index contributed by atoms with van der Waals surface area (Å²) in [7, 11) is 0. The molecule has 56 heavy (non-hydrogen) atoms. The van der Waals surface area contributed by atoms with Gasteiger partial charge in [0.15, 0.2) is 0 Å². The smallest absolute Gasteiger partial charge is 0.0108 e. The van der Waals surface area contributed by atoms with Crippen LogP contribution in [0, 0.1) is 65.2 Å². The molecule has 1 rings (SSSR count). The molecule has 0 saturated heterocycles. The molecule has 0 saturated carbocycles. The molecule has 0 heterocycles. The average Bonchev–Trinajstić information content (AvgIpc) is 3.10. The Labute approximate surface area is 356 Å². The largest absolute Gasteiger partial charge is 0.0628 e. The van der Waals surface area contributed by atoms with Gasteiger partial charge < -0.3 is 0 Å². The van der Waals surface area contributed by atoms with Crippen molar-refractivity contribution in [3.8, 4) is 0 Å². The van der Waals surface area contributed by atoms with Gasteiger partial charge in [0.05, 0.1) is 0 Å². The van der Waals surface area contributed by atoms with Gasteiger partial charge in [-0.25, -0.2) is 0 Å². The van der Waals surface area contributed by atoms with Crippen LogP contribution >= 0.6 is 0 Å². The summed E-state index contributed by atoms with van der Waals surface area (Å²) in [6.07, 6.45) is 33.8. The number of aryl methyl sites for hydroxylation is 2. The zero-order chi connectivity index (χ0) is 42.0. The molecule has 5 atom stereocenters. The molecule has 0 nitrogen and oxygen atoms in total. The van der Waals surface area contributed by atoms with Crippen molar-refractivity contribution in [2.45, 2.75) is 264 Å². The third-order valence-electron chi connectivity index (χ3n) is 13.6. The summed E-state index contributed by atoms with van der Waals surface area (Å²) in [5.74, 6) is 8.10. The molecule has 0 aliphatic carbocycles. The van der Waals surface area contributed by atoms with Crippen LogP contribution in [0.25, 0.3) is 0 Å². The molecule has 0 amide bonds. The van der Waals surface area contributed by atoms with Gasteiger partial charge in [0.25, 0.3) is 0 Å². The quantitative estimate of drug-likeness (QED) is 0.0644. The molecule has 0 N–H and O–H groups in total. The van der Waals surface area contributed by atoms with E-state index < -0.39 is 0 Å². The highest BCUT2D eigenvalue weighted by Gasteiger charge is 2.22. The van der Waals surface area contributed by atoms with E-state index in [9.17, 15) is 0 Å². The van der Waals surface area contributed by atoms with E-state index in [1.54, 1.807) is 22.3 Å². The van der Waals surface area contributed by atoms with Crippen LogP contribution in [0.1, 0.15) is 260 Å². The maximum Gasteiger partial charge on any atom is -0.0108 e. The van der Waals surface area contributed by atoms with Crippen molar-refractivity contribution in [3.05, 3.63) is 33.9 Å². The van der Waals surface area contributed by atoms with Gasteiger partial charge in [-0.1, -0.05) is 200 Å². The van der Waals surface area contributed by atoms with Gasteiger partial charge >= 0.3 is 0 Å². The first-order chi connectivity index (χ1) is 26.5. The van der Waals surface area contributed by atoms with Crippen LogP contribution in [-0.4, -0.2) is 0 Å². The molecular weight excluding hydrogens is 673 g/mol. The van der Waals surface area contributed by atoms with Gasteiger partial charge in [-0.3, -0.25) is 0 Å². The van der Waals surface area contributed by atoms with Gasteiger partial charge in [0.2, 0.25) is 0 Å². The second-order valence-corrected chi connectivity index (χ2v) is 22.4. The van der Waals surface area contributed by atoms with Crippen molar-refractivity contribution in [1.29, 1.82) is 0 Å². The first-order valence-corrected chi connectivity index (χ1v) is 25.6. The second-order valence-electron chi connectivity index (χ2n) is 22.4. The zero-order valence-electron chi connectivity index (χ0n) is 41.5. The number of hydrogen-bond acceptors (Lipinski definition) is 0. The molecule has 0 aliphatic heterocycles. The molecule has 0 fully saturated rings. The standard InChI is InChI=1S/C56H105/c1-42(2)21-16-26-47(11)31-36-52-41-53(37-32-48(12)27-17-22-43(3)4)55(39-34-50(14)29-19-24-45(7)8)56(40-35-51(15)30-20-25-46(9)10)54(52)38-33-49(13)28-18-23-44(5)6/h42-51H,16-40H2,1-15H3. The van der Waals surface area contributed by atoms with E-state index in [1.807, 2.05) is 5.56 Å². The Morgan fingerprint density at radius 2 is 0.464 bits per heavy atom. The summed E-state index contributed by atoms with van der Waals surface area (Å²) in [6.45, 7) is 36.7. The van der Waals surface area contributed by atoms with Gasteiger partial charge in [0.1, 0.15) is 0 Å². The van der Waals surface area contributed by atoms with Gasteiger partial charge in [0, 0.05) is 0 Å². The molecule has 0 spiro atoms. The molecular formula is C56H105. The Bertz CT molecular complexity index is 1000. The third-order valence-corrected chi connectivity index (χ3v) is 13.6. The first kappa shape index (κ1) is 53.2. The molecule has 0 aromatic heterocycles. The van der Waals surface area contributed by atoms with Crippen LogP contribution in [0.4, 0.5) is 0 Å². The molecule has 1 aromatic rings. The van der Waals surface area contributed by atoms with Crippen molar-refractivity contribution < 1.29 is 0 Å². The molecule has 329 valence electrons. The van der Waals surface area contributed by atoms with Crippen LogP contribution in [0.2, 0.25) is 0 Å². The van der Waals surface area contributed by atoms with E-state index in [4.69, 9.17) is 0 Å². The molecule has 1 radical (unpaired) electrons. The number of benzene rings is 1. The summed E-state index contributed by atoms with van der Waals surface area (Å²) >= 11 is 0. The summed E-state index contributed by atoms with van der Waals surface area (Å²) in [6, 6.07) is 4.38. The Morgan fingerprint density at radius 1 is 0.250 bits per heavy atom. The Kier molecular flexibility index (Phi) is 29.6. The lowest BCUT2D eigenvalue weighted by atomic mass is 9.79. The topological polar surface area (TPSA) is 0 Å². The normalized spacial score (nSPS) is 15.1. The fourth-order valence-corrected chi connectivity index (χ4v) is 9.26. The van der Waals surface area contributed by atoms with Crippen molar-refractivity contribution in [2.24, 2.45) is 59.2 Å². The lowest BCUT2D eigenvalue weighted by molar-refractivity contribution is 0.424. The minimum Gasteiger partial charge on any atom is -0.0628 e. The summed E-state index contributed by atoms with van der Waals surface area (Å²) < 4.78 is 0. The van der Waals surface area contributed by atoms with Gasteiger partial charge in [-0.2, -0.15) is 0 Å². The first-order valence-electron chi connectivity index (χ1n) is 25.6. The van der Waals surface area contributed by atoms with Crippen molar-refractivity contribution in [1.82, 2.24) is 0 Å². The van der Waals surface area contributed by atoms with Crippen LogP contribution < -0.4 is 0 Å². The van der Waals surface area contributed by atoms with E-state index in [0.29, 0.717) is 0 Å². The Balaban J connectivity index is 3.69. The summed E-state index contributed by atoms with van der Waals surface area (Å²) in [4.78, 5) is 0. The maximum absolute atomic E-state index is 4.38. The van der Waals surface area contributed by atoms with Crippen LogP contribution in [0.3, 0.4) is 0 Å². The highest BCUT2D eigenvalue weighted by molar-refractivity contribution is 5.46. The van der Waals surface area contributed by atoms with E-state index >= 15 is 0 Å². The van der Waals surface area contributed by atoms with Crippen molar-refractivity contribution in [2.75, 3.05) is 0 Å². The number of rotatable bonds is 35. The highest BCUT2D eigenvalue weighted by atomic mass is 14.3. The monoisotopic (exact) mass is 778 g/mol. The molecule has 0 heteroatoms. The molecule has 0 bridgehead atoms. The van der Waals surface area contributed by atoms with E-state index in [-0.39, 0.29) is 0 Å². The predicted octanol–water partition coefficient (Wildman–Crippen LogP) is 18.5. The molecule has 0 aliphatic rings. The van der Waals surface area contributed by atoms with Crippen molar-refractivity contribution in [3.63, 3.8) is 0 Å². The summed E-state index contributed by atoms with van der Waals surface area (Å²) in [5, 5.41) is 0. The van der Waals surface area contributed by atoms with Crippen LogP contribution in [-0.2, 0) is 32.1 Å². The van der Waals surface area contributed by atoms with Crippen LogP contribution in [0.15, 0.2) is 0 Å². The van der Waals surface area contributed by atoms with E-state index in [2.05, 4.69) is 110 Å². The second kappa shape index (κ2) is 31.1. The zero-order valence-corrected chi connectivity index (χ0v) is 41.5. The lowest BCUT2D eigenvalue weighted by Gasteiger charge is -2.26. The predicted molar refractivity (Wildman–Crippen MR) is 256 cm³/mol. The molecule has 5 unspecified atom stereocenters. The third kappa shape index (κ3) is 26.3. The molecule has 1 aromatic carbocycles. The summed E-state index contributed by atoms with van der Waals surface area (Å²) in [5.41, 5.74) is 8.68. The minimum absolute atomic E-state index is 0.796. The van der Waals surface area contributed by atoms with Gasteiger partial charge in [-0.15, -0.1) is 0 Å². The van der Waals surface area contributed by atoms with E-state index in [1.165, 1.54) is 161 Å². The van der Waals surface area contributed by atoms with Crippen molar-refractivity contribution >= 4 is 0 Å². The fraction of sp³-hybridized carbons (Fsp3) is 0.893. The minimum atomic E-state index is 0.796. The van der Waals surface area contributed by atoms with Gasteiger partial charge in [-0.05, 0) is 157 Å². The average molecular weight is 778 g/mol. The number of hydrogen-bond donors (Lipinski definition) is 0. The highest BCUT2D eigenvalue weighted by Crippen LogP contribution is 2.34. The maximum atomic E-state index is 4.38. The fourth-order valence-electron chi connectivity index (χ4n) is 9.26. The van der Waals surface area contributed by atoms with E-state index in [0.717, 1.165) is 59.2 Å². The Morgan fingerprint density at radius 3 is 0.696 bits per heavy atom.